The third-order valence-corrected chi connectivity index (χ3v) is 3.37. The fraction of sp³-hybridized carbons (Fsp3) is 0.0714. The Balaban J connectivity index is 2.16. The SMILES string of the molecule is CC(=O)Oc1cc2cccc(-c3ccsc3)n2c1. The highest BCUT2D eigenvalue weighted by molar-refractivity contribution is 7.08. The molecule has 3 aromatic heterocycles. The van der Waals surface area contributed by atoms with Gasteiger partial charge in [0, 0.05) is 29.5 Å². The zero-order valence-corrected chi connectivity index (χ0v) is 10.6. The minimum Gasteiger partial charge on any atom is -0.425 e. The first-order chi connectivity index (χ1) is 8.74. The molecule has 18 heavy (non-hydrogen) atoms. The normalized spacial score (nSPS) is 10.7. The van der Waals surface area contributed by atoms with E-state index in [0.717, 1.165) is 16.8 Å². The van der Waals surface area contributed by atoms with Crippen LogP contribution in [0.5, 0.6) is 5.75 Å². The van der Waals surface area contributed by atoms with Crippen molar-refractivity contribution < 1.29 is 9.53 Å². The van der Waals surface area contributed by atoms with Crippen molar-refractivity contribution in [3.8, 4) is 17.0 Å². The van der Waals surface area contributed by atoms with Gasteiger partial charge in [-0.1, -0.05) is 6.07 Å². The van der Waals surface area contributed by atoms with E-state index in [0.29, 0.717) is 5.75 Å². The molecule has 3 rings (SSSR count). The van der Waals surface area contributed by atoms with E-state index in [1.807, 2.05) is 40.2 Å². The number of hydrogen-bond donors (Lipinski definition) is 0. The Morgan fingerprint density at radius 1 is 1.33 bits per heavy atom. The van der Waals surface area contributed by atoms with E-state index >= 15 is 0 Å². The standard InChI is InChI=1S/C14H11NO2S/c1-10(16)17-13-7-12-3-2-4-14(15(12)8-13)11-5-6-18-9-11/h2-9H,1H3. The molecule has 0 spiro atoms. The molecule has 0 saturated heterocycles. The van der Waals surface area contributed by atoms with Crippen molar-refractivity contribution in [3.05, 3.63) is 47.3 Å². The van der Waals surface area contributed by atoms with Gasteiger partial charge in [0.25, 0.3) is 0 Å². The van der Waals surface area contributed by atoms with Crippen LogP contribution in [0.15, 0.2) is 47.3 Å². The van der Waals surface area contributed by atoms with Crippen LogP contribution in [0.4, 0.5) is 0 Å². The second-order valence-electron chi connectivity index (χ2n) is 3.99. The summed E-state index contributed by atoms with van der Waals surface area (Å²) in [6.07, 6.45) is 1.84. The number of esters is 1. The van der Waals surface area contributed by atoms with Gasteiger partial charge in [0.15, 0.2) is 0 Å². The lowest BCUT2D eigenvalue weighted by Gasteiger charge is -2.03. The summed E-state index contributed by atoms with van der Waals surface area (Å²) in [5.74, 6) is 0.271. The number of carbonyl (C=O) groups excluding carboxylic acids is 1. The lowest BCUT2D eigenvalue weighted by Crippen LogP contribution is -1.99. The monoisotopic (exact) mass is 257 g/mol. The molecule has 0 aliphatic carbocycles. The topological polar surface area (TPSA) is 30.7 Å². The summed E-state index contributed by atoms with van der Waals surface area (Å²) in [7, 11) is 0. The Hall–Kier alpha value is -2.07. The lowest BCUT2D eigenvalue weighted by molar-refractivity contribution is -0.131. The summed E-state index contributed by atoms with van der Waals surface area (Å²) < 4.78 is 7.14. The highest BCUT2D eigenvalue weighted by Gasteiger charge is 2.07. The average molecular weight is 257 g/mol. The van der Waals surface area contributed by atoms with Gasteiger partial charge in [-0.25, -0.2) is 0 Å². The molecule has 3 nitrogen and oxygen atoms in total. The van der Waals surface area contributed by atoms with E-state index in [9.17, 15) is 4.79 Å². The van der Waals surface area contributed by atoms with Crippen LogP contribution >= 0.6 is 11.3 Å². The van der Waals surface area contributed by atoms with Crippen LogP contribution in [0.3, 0.4) is 0 Å². The second-order valence-corrected chi connectivity index (χ2v) is 4.77. The van der Waals surface area contributed by atoms with Gasteiger partial charge >= 0.3 is 5.97 Å². The van der Waals surface area contributed by atoms with Crippen molar-refractivity contribution in [2.75, 3.05) is 0 Å². The molecule has 0 N–H and O–H groups in total. The number of aromatic nitrogens is 1. The molecule has 0 aliphatic rings. The summed E-state index contributed by atoms with van der Waals surface area (Å²) in [6, 6.07) is 9.97. The van der Waals surface area contributed by atoms with Crippen molar-refractivity contribution >= 4 is 22.8 Å². The molecule has 0 amide bonds. The molecular weight excluding hydrogens is 246 g/mol. The smallest absolute Gasteiger partial charge is 0.308 e. The van der Waals surface area contributed by atoms with Gasteiger partial charge in [0.05, 0.1) is 11.9 Å². The molecule has 0 aromatic carbocycles. The van der Waals surface area contributed by atoms with Gasteiger partial charge in [-0.2, -0.15) is 11.3 Å². The zero-order chi connectivity index (χ0) is 12.5. The van der Waals surface area contributed by atoms with Gasteiger partial charge in [0.2, 0.25) is 0 Å². The molecule has 90 valence electrons. The molecule has 0 bridgehead atoms. The van der Waals surface area contributed by atoms with E-state index in [1.54, 1.807) is 11.3 Å². The van der Waals surface area contributed by atoms with Crippen molar-refractivity contribution in [1.82, 2.24) is 4.40 Å². The number of nitrogens with zero attached hydrogens (tertiary/aromatic N) is 1. The minimum atomic E-state index is -0.303. The number of hydrogen-bond acceptors (Lipinski definition) is 3. The molecule has 0 saturated carbocycles. The van der Waals surface area contributed by atoms with Gasteiger partial charge < -0.3 is 9.14 Å². The average Bonchev–Trinajstić information content (AvgIpc) is 2.94. The summed E-state index contributed by atoms with van der Waals surface area (Å²) in [4.78, 5) is 11.0. The van der Waals surface area contributed by atoms with Crippen molar-refractivity contribution in [3.63, 3.8) is 0 Å². The zero-order valence-electron chi connectivity index (χ0n) is 9.79. The Morgan fingerprint density at radius 2 is 2.22 bits per heavy atom. The predicted octanol–water partition coefficient (Wildman–Crippen LogP) is 3.59. The van der Waals surface area contributed by atoms with Gasteiger partial charge in [0.1, 0.15) is 5.75 Å². The molecule has 0 unspecified atom stereocenters. The molecule has 0 aliphatic heterocycles. The molecule has 3 heterocycles. The number of thiophene rings is 1. The van der Waals surface area contributed by atoms with E-state index in [-0.39, 0.29) is 5.97 Å². The van der Waals surface area contributed by atoms with E-state index in [1.165, 1.54) is 6.92 Å². The summed E-state index contributed by atoms with van der Waals surface area (Å²) in [6.45, 7) is 1.40. The largest absolute Gasteiger partial charge is 0.425 e. The van der Waals surface area contributed by atoms with E-state index in [2.05, 4.69) is 11.4 Å². The Kier molecular flexibility index (Phi) is 2.64. The Morgan fingerprint density at radius 3 is 2.94 bits per heavy atom. The molecule has 0 atom stereocenters. The molecule has 0 radical (unpaired) electrons. The number of rotatable bonds is 2. The number of ether oxygens (including phenoxy) is 1. The van der Waals surface area contributed by atoms with Crippen LogP contribution < -0.4 is 4.74 Å². The number of pyridine rings is 1. The highest BCUT2D eigenvalue weighted by atomic mass is 32.1. The van der Waals surface area contributed by atoms with Crippen molar-refractivity contribution in [2.24, 2.45) is 0 Å². The molecule has 3 aromatic rings. The maximum absolute atomic E-state index is 11.0. The maximum atomic E-state index is 11.0. The third kappa shape index (κ3) is 1.91. The summed E-state index contributed by atoms with van der Waals surface area (Å²) >= 11 is 1.66. The highest BCUT2D eigenvalue weighted by Crippen LogP contribution is 2.26. The van der Waals surface area contributed by atoms with Crippen molar-refractivity contribution in [1.29, 1.82) is 0 Å². The molecule has 0 fully saturated rings. The molecular formula is C14H11NO2S. The number of carbonyl (C=O) groups is 1. The molecule has 4 heteroatoms. The van der Waals surface area contributed by atoms with Gasteiger partial charge in [-0.3, -0.25) is 4.79 Å². The van der Waals surface area contributed by atoms with Gasteiger partial charge in [-0.15, -0.1) is 0 Å². The lowest BCUT2D eigenvalue weighted by atomic mass is 10.2. The van der Waals surface area contributed by atoms with E-state index < -0.39 is 0 Å². The number of fused-ring (bicyclic) bond motifs is 1. The Labute approximate surface area is 108 Å². The fourth-order valence-electron chi connectivity index (χ4n) is 1.98. The van der Waals surface area contributed by atoms with Crippen LogP contribution in [-0.2, 0) is 4.79 Å². The first-order valence-corrected chi connectivity index (χ1v) is 6.50. The Bertz CT molecular complexity index is 698. The first kappa shape index (κ1) is 11.0. The van der Waals surface area contributed by atoms with Crippen LogP contribution in [-0.4, -0.2) is 10.4 Å². The van der Waals surface area contributed by atoms with Crippen LogP contribution in [0.1, 0.15) is 6.92 Å². The van der Waals surface area contributed by atoms with E-state index in [4.69, 9.17) is 4.74 Å². The third-order valence-electron chi connectivity index (χ3n) is 2.68. The summed E-state index contributed by atoms with van der Waals surface area (Å²) in [5, 5.41) is 4.14. The summed E-state index contributed by atoms with van der Waals surface area (Å²) in [5.41, 5.74) is 3.26. The van der Waals surface area contributed by atoms with Crippen LogP contribution in [0.25, 0.3) is 16.8 Å². The van der Waals surface area contributed by atoms with Crippen LogP contribution in [0.2, 0.25) is 0 Å². The van der Waals surface area contributed by atoms with Crippen LogP contribution in [0, 0.1) is 0 Å². The fourth-order valence-corrected chi connectivity index (χ4v) is 2.63. The first-order valence-electron chi connectivity index (χ1n) is 5.56. The second kappa shape index (κ2) is 4.31. The predicted molar refractivity (Wildman–Crippen MR) is 72.0 cm³/mol. The van der Waals surface area contributed by atoms with Crippen molar-refractivity contribution in [2.45, 2.75) is 6.92 Å². The quantitative estimate of drug-likeness (QED) is 0.657. The van der Waals surface area contributed by atoms with Gasteiger partial charge in [-0.05, 0) is 23.6 Å². The maximum Gasteiger partial charge on any atom is 0.308 e. The minimum absolute atomic E-state index is 0.303.